The Morgan fingerprint density at radius 1 is 1.25 bits per heavy atom. The molecule has 1 saturated heterocycles. The zero-order valence-corrected chi connectivity index (χ0v) is 15.4. The molecule has 0 saturated carbocycles. The molecule has 1 heterocycles. The van der Waals surface area contributed by atoms with E-state index >= 15 is 0 Å². The molecule has 1 aliphatic heterocycles. The predicted octanol–water partition coefficient (Wildman–Crippen LogP) is 1.69. The highest BCUT2D eigenvalue weighted by Crippen LogP contribution is 2.31. The number of hydrogen-bond donors (Lipinski definition) is 2. The minimum atomic E-state index is -0.370. The zero-order valence-electron chi connectivity index (χ0n) is 13.8. The average molecular weight is 396 g/mol. The molecule has 3 amide bonds. The number of para-hydroxylation sites is 1. The lowest BCUT2D eigenvalue weighted by molar-refractivity contribution is -0.126. The number of carbonyl (C=O) groups is 3. The molecule has 0 radical (unpaired) electrons. The largest absolute Gasteiger partial charge is 0.354 e. The van der Waals surface area contributed by atoms with Gasteiger partial charge in [-0.15, -0.1) is 0 Å². The van der Waals surface area contributed by atoms with Gasteiger partial charge < -0.3 is 15.5 Å². The number of amides is 3. The van der Waals surface area contributed by atoms with Gasteiger partial charge >= 0.3 is 0 Å². The first-order valence-corrected chi connectivity index (χ1v) is 8.79. The fourth-order valence-electron chi connectivity index (χ4n) is 2.51. The molecule has 1 aliphatic rings. The molecule has 130 valence electrons. The van der Waals surface area contributed by atoms with Crippen LogP contribution in [0.2, 0.25) is 0 Å². The van der Waals surface area contributed by atoms with Gasteiger partial charge in [-0.3, -0.25) is 14.4 Å². The van der Waals surface area contributed by atoms with E-state index in [0.29, 0.717) is 19.6 Å². The summed E-state index contributed by atoms with van der Waals surface area (Å²) in [7, 11) is 0. The van der Waals surface area contributed by atoms with E-state index in [1.54, 1.807) is 4.90 Å². The second-order valence-electron chi connectivity index (χ2n) is 6.09. The van der Waals surface area contributed by atoms with E-state index in [-0.39, 0.29) is 36.0 Å². The van der Waals surface area contributed by atoms with Crippen LogP contribution >= 0.6 is 15.9 Å². The molecule has 2 rings (SSSR count). The van der Waals surface area contributed by atoms with E-state index in [1.807, 2.05) is 38.1 Å². The molecule has 1 aromatic rings. The quantitative estimate of drug-likeness (QED) is 0.719. The number of rotatable bonds is 6. The summed E-state index contributed by atoms with van der Waals surface area (Å²) < 4.78 is 0.829. The standard InChI is InChI=1S/C17H22BrN3O3/c1-11(2)16(23)19-7-8-20-17(24)12-9-15(22)21(10-12)14-6-4-3-5-13(14)18/h3-6,11-12H,7-10H2,1-2H3,(H,19,23)(H,20,24)/t12-/m0/s1. The summed E-state index contributed by atoms with van der Waals surface area (Å²) >= 11 is 3.43. The van der Waals surface area contributed by atoms with E-state index in [1.165, 1.54) is 0 Å². The Hall–Kier alpha value is -1.89. The third-order valence-corrected chi connectivity index (χ3v) is 4.56. The maximum Gasteiger partial charge on any atom is 0.227 e. The average Bonchev–Trinajstić information content (AvgIpc) is 2.93. The molecule has 0 spiro atoms. The Bertz CT molecular complexity index is 633. The van der Waals surface area contributed by atoms with Crippen LogP contribution in [-0.2, 0) is 14.4 Å². The molecule has 1 fully saturated rings. The molecule has 2 N–H and O–H groups in total. The highest BCUT2D eigenvalue weighted by atomic mass is 79.9. The molecule has 0 aromatic heterocycles. The molecule has 1 atom stereocenters. The van der Waals surface area contributed by atoms with Gasteiger partial charge in [0.05, 0.1) is 11.6 Å². The second-order valence-corrected chi connectivity index (χ2v) is 6.95. The van der Waals surface area contributed by atoms with Crippen LogP contribution < -0.4 is 15.5 Å². The lowest BCUT2D eigenvalue weighted by atomic mass is 10.1. The highest BCUT2D eigenvalue weighted by molar-refractivity contribution is 9.10. The van der Waals surface area contributed by atoms with Crippen molar-refractivity contribution in [3.05, 3.63) is 28.7 Å². The Morgan fingerprint density at radius 3 is 2.58 bits per heavy atom. The normalized spacial score (nSPS) is 17.2. The van der Waals surface area contributed by atoms with Crippen molar-refractivity contribution in [2.45, 2.75) is 20.3 Å². The zero-order chi connectivity index (χ0) is 17.7. The monoisotopic (exact) mass is 395 g/mol. The second kappa shape index (κ2) is 8.28. The molecule has 0 aliphatic carbocycles. The summed E-state index contributed by atoms with van der Waals surface area (Å²) in [5.74, 6) is -0.705. The van der Waals surface area contributed by atoms with Gasteiger partial charge in [0.15, 0.2) is 0 Å². The number of carbonyl (C=O) groups excluding carboxylic acids is 3. The summed E-state index contributed by atoms with van der Waals surface area (Å²) in [6.45, 7) is 4.74. The number of halogens is 1. The van der Waals surface area contributed by atoms with Crippen LogP contribution in [-0.4, -0.2) is 37.4 Å². The van der Waals surface area contributed by atoms with E-state index < -0.39 is 0 Å². The minimum absolute atomic E-state index is 0.0413. The number of hydrogen-bond acceptors (Lipinski definition) is 3. The topological polar surface area (TPSA) is 78.5 Å². The van der Waals surface area contributed by atoms with E-state index in [4.69, 9.17) is 0 Å². The first-order valence-electron chi connectivity index (χ1n) is 8.00. The van der Waals surface area contributed by atoms with Crippen molar-refractivity contribution < 1.29 is 14.4 Å². The molecule has 7 heteroatoms. The third-order valence-electron chi connectivity index (χ3n) is 3.89. The molecular weight excluding hydrogens is 374 g/mol. The van der Waals surface area contributed by atoms with Crippen molar-refractivity contribution in [3.63, 3.8) is 0 Å². The Kier molecular flexibility index (Phi) is 6.36. The summed E-state index contributed by atoms with van der Waals surface area (Å²) in [4.78, 5) is 37.5. The Morgan fingerprint density at radius 2 is 1.92 bits per heavy atom. The van der Waals surface area contributed by atoms with Crippen LogP contribution in [0.15, 0.2) is 28.7 Å². The minimum Gasteiger partial charge on any atom is -0.354 e. The fraction of sp³-hybridized carbons (Fsp3) is 0.471. The molecule has 0 bridgehead atoms. The number of nitrogens with one attached hydrogen (secondary N) is 2. The van der Waals surface area contributed by atoms with Gasteiger partial charge in [0.25, 0.3) is 0 Å². The van der Waals surface area contributed by atoms with Gasteiger partial charge in [0.2, 0.25) is 17.7 Å². The van der Waals surface area contributed by atoms with Crippen molar-refractivity contribution in [2.75, 3.05) is 24.5 Å². The fourth-order valence-corrected chi connectivity index (χ4v) is 3.01. The van der Waals surface area contributed by atoms with Crippen LogP contribution in [0.4, 0.5) is 5.69 Å². The van der Waals surface area contributed by atoms with Crippen molar-refractivity contribution >= 4 is 39.3 Å². The Balaban J connectivity index is 1.84. The molecular formula is C17H22BrN3O3. The smallest absolute Gasteiger partial charge is 0.227 e. The van der Waals surface area contributed by atoms with Crippen LogP contribution in [0, 0.1) is 11.8 Å². The van der Waals surface area contributed by atoms with Crippen LogP contribution in [0.1, 0.15) is 20.3 Å². The third kappa shape index (κ3) is 4.56. The lowest BCUT2D eigenvalue weighted by Gasteiger charge is -2.18. The molecule has 1 aromatic carbocycles. The number of benzene rings is 1. The summed E-state index contributed by atoms with van der Waals surface area (Å²) in [5, 5.41) is 5.52. The van der Waals surface area contributed by atoms with E-state index in [2.05, 4.69) is 26.6 Å². The van der Waals surface area contributed by atoms with Crippen molar-refractivity contribution in [1.82, 2.24) is 10.6 Å². The van der Waals surface area contributed by atoms with Gasteiger partial charge in [0, 0.05) is 36.4 Å². The van der Waals surface area contributed by atoms with E-state index in [9.17, 15) is 14.4 Å². The first-order chi connectivity index (χ1) is 11.4. The molecule has 24 heavy (non-hydrogen) atoms. The van der Waals surface area contributed by atoms with Crippen molar-refractivity contribution in [2.24, 2.45) is 11.8 Å². The van der Waals surface area contributed by atoms with Gasteiger partial charge in [-0.2, -0.15) is 0 Å². The summed E-state index contributed by atoms with van der Waals surface area (Å²) in [6.07, 6.45) is 0.200. The van der Waals surface area contributed by atoms with Crippen LogP contribution in [0.3, 0.4) is 0 Å². The summed E-state index contributed by atoms with van der Waals surface area (Å²) in [5.41, 5.74) is 0.780. The molecule has 6 nitrogen and oxygen atoms in total. The Labute approximate surface area is 150 Å². The lowest BCUT2D eigenvalue weighted by Crippen LogP contribution is -2.39. The van der Waals surface area contributed by atoms with E-state index in [0.717, 1.165) is 10.2 Å². The predicted molar refractivity (Wildman–Crippen MR) is 95.5 cm³/mol. The van der Waals surface area contributed by atoms with Gasteiger partial charge in [-0.05, 0) is 28.1 Å². The van der Waals surface area contributed by atoms with Crippen LogP contribution in [0.5, 0.6) is 0 Å². The molecule has 0 unspecified atom stereocenters. The first kappa shape index (κ1) is 18.4. The van der Waals surface area contributed by atoms with Gasteiger partial charge in [0.1, 0.15) is 0 Å². The maximum atomic E-state index is 12.2. The number of anilines is 1. The number of nitrogens with zero attached hydrogens (tertiary/aromatic N) is 1. The SMILES string of the molecule is CC(C)C(=O)NCCNC(=O)[C@H]1CC(=O)N(c2ccccc2Br)C1. The van der Waals surface area contributed by atoms with Crippen LogP contribution in [0.25, 0.3) is 0 Å². The maximum absolute atomic E-state index is 12.2. The van der Waals surface area contributed by atoms with Crippen molar-refractivity contribution in [1.29, 1.82) is 0 Å². The summed E-state index contributed by atoms with van der Waals surface area (Å²) in [6, 6.07) is 7.46. The van der Waals surface area contributed by atoms with Gasteiger partial charge in [-0.25, -0.2) is 0 Å². The van der Waals surface area contributed by atoms with Crippen molar-refractivity contribution in [3.8, 4) is 0 Å². The van der Waals surface area contributed by atoms with Gasteiger partial charge in [-0.1, -0.05) is 26.0 Å². The highest BCUT2D eigenvalue weighted by Gasteiger charge is 2.35.